The molecule has 0 bridgehead atoms. The molecular weight excluding hydrogens is 268 g/mol. The summed E-state index contributed by atoms with van der Waals surface area (Å²) in [7, 11) is 2.02. The highest BCUT2D eigenvalue weighted by Gasteiger charge is 2.21. The maximum absolute atomic E-state index is 5.03. The van der Waals surface area contributed by atoms with Crippen LogP contribution in [0.5, 0.6) is 0 Å². The normalized spacial score (nSPS) is 20.0. The third-order valence-corrected chi connectivity index (χ3v) is 3.91. The van der Waals surface area contributed by atoms with Gasteiger partial charge in [0.2, 0.25) is 5.89 Å². The van der Waals surface area contributed by atoms with Crippen LogP contribution in [-0.4, -0.2) is 43.7 Å². The van der Waals surface area contributed by atoms with Gasteiger partial charge in [0.1, 0.15) is 5.82 Å². The maximum Gasteiger partial charge on any atom is 0.223 e. The molecule has 0 unspecified atom stereocenters. The molecule has 0 amide bonds. The number of hydrogen-bond donors (Lipinski definition) is 1. The minimum Gasteiger partial charge on any atom is -0.340 e. The molecule has 114 valence electrons. The van der Waals surface area contributed by atoms with E-state index in [0.29, 0.717) is 11.9 Å². The van der Waals surface area contributed by atoms with Crippen LogP contribution in [0, 0.1) is 6.92 Å². The number of aryl methyl sites for hydroxylation is 2. The first-order valence-electron chi connectivity index (χ1n) is 7.42. The van der Waals surface area contributed by atoms with Gasteiger partial charge < -0.3 is 14.4 Å². The second-order valence-electron chi connectivity index (χ2n) is 5.64. The average Bonchev–Trinajstić information content (AvgIpc) is 3.06. The van der Waals surface area contributed by atoms with Crippen LogP contribution < -0.4 is 5.32 Å². The Bertz CT molecular complexity index is 578. The fourth-order valence-electron chi connectivity index (χ4n) is 2.77. The van der Waals surface area contributed by atoms with Gasteiger partial charge in [-0.15, -0.1) is 0 Å². The smallest absolute Gasteiger partial charge is 0.223 e. The molecule has 21 heavy (non-hydrogen) atoms. The molecule has 1 saturated heterocycles. The molecule has 0 aliphatic carbocycles. The minimum absolute atomic E-state index is 0.489. The van der Waals surface area contributed by atoms with E-state index in [-0.39, 0.29) is 0 Å². The van der Waals surface area contributed by atoms with Gasteiger partial charge in [-0.2, -0.15) is 4.98 Å². The highest BCUT2D eigenvalue weighted by molar-refractivity contribution is 4.92. The molecule has 1 atom stereocenters. The van der Waals surface area contributed by atoms with Crippen molar-refractivity contribution in [2.24, 2.45) is 7.05 Å². The monoisotopic (exact) mass is 290 g/mol. The van der Waals surface area contributed by atoms with Crippen molar-refractivity contribution in [3.63, 3.8) is 0 Å². The summed E-state index contributed by atoms with van der Waals surface area (Å²) in [5.74, 6) is 2.48. The fraction of sp³-hybridized carbons (Fsp3) is 0.643. The summed E-state index contributed by atoms with van der Waals surface area (Å²) in [6.07, 6.45) is 6.20. The lowest BCUT2D eigenvalue weighted by atomic mass is 10.1. The molecule has 1 N–H and O–H groups in total. The lowest BCUT2D eigenvalue weighted by Crippen LogP contribution is -2.45. The van der Waals surface area contributed by atoms with Crippen LogP contribution in [0.4, 0.5) is 0 Å². The van der Waals surface area contributed by atoms with Gasteiger partial charge in [0.15, 0.2) is 5.82 Å². The summed E-state index contributed by atoms with van der Waals surface area (Å²) < 4.78 is 7.08. The molecule has 7 nitrogen and oxygen atoms in total. The zero-order valence-electron chi connectivity index (χ0n) is 12.6. The van der Waals surface area contributed by atoms with Crippen molar-refractivity contribution in [2.45, 2.75) is 38.9 Å². The third-order valence-electron chi connectivity index (χ3n) is 3.91. The second kappa shape index (κ2) is 6.36. The van der Waals surface area contributed by atoms with Crippen LogP contribution in [0.3, 0.4) is 0 Å². The Balaban J connectivity index is 1.50. The number of nitrogens with zero attached hydrogens (tertiary/aromatic N) is 5. The summed E-state index contributed by atoms with van der Waals surface area (Å²) in [5.41, 5.74) is 0. The van der Waals surface area contributed by atoms with Crippen LogP contribution in [-0.2, 0) is 20.1 Å². The molecule has 0 aromatic carbocycles. The van der Waals surface area contributed by atoms with Crippen molar-refractivity contribution in [1.82, 2.24) is 29.9 Å². The Hall–Kier alpha value is -1.73. The maximum atomic E-state index is 5.03. The van der Waals surface area contributed by atoms with Crippen LogP contribution in [0.15, 0.2) is 16.9 Å². The lowest BCUT2D eigenvalue weighted by Gasteiger charge is -2.32. The first-order valence-corrected chi connectivity index (χ1v) is 7.42. The molecule has 1 aliphatic rings. The summed E-state index contributed by atoms with van der Waals surface area (Å²) in [6, 6.07) is 0.489. The van der Waals surface area contributed by atoms with Crippen molar-refractivity contribution >= 4 is 0 Å². The molecule has 3 rings (SSSR count). The van der Waals surface area contributed by atoms with E-state index in [1.54, 1.807) is 0 Å². The number of aromatic nitrogens is 4. The number of likely N-dealkylation sites (tertiary alicyclic amines) is 1. The van der Waals surface area contributed by atoms with Crippen LogP contribution in [0.1, 0.15) is 30.4 Å². The first-order chi connectivity index (χ1) is 10.2. The molecule has 0 radical (unpaired) electrons. The number of nitrogens with one attached hydrogen (secondary N) is 1. The molecule has 7 heteroatoms. The largest absolute Gasteiger partial charge is 0.340 e. The van der Waals surface area contributed by atoms with Gasteiger partial charge in [-0.05, 0) is 19.4 Å². The minimum atomic E-state index is 0.489. The fourth-order valence-corrected chi connectivity index (χ4v) is 2.77. The highest BCUT2D eigenvalue weighted by Crippen LogP contribution is 2.13. The van der Waals surface area contributed by atoms with Gasteiger partial charge in [-0.3, -0.25) is 4.90 Å². The predicted molar refractivity (Wildman–Crippen MR) is 77.4 cm³/mol. The van der Waals surface area contributed by atoms with Gasteiger partial charge in [-0.25, -0.2) is 4.98 Å². The average molecular weight is 290 g/mol. The van der Waals surface area contributed by atoms with E-state index in [2.05, 4.69) is 29.9 Å². The van der Waals surface area contributed by atoms with E-state index in [0.717, 1.165) is 37.8 Å². The van der Waals surface area contributed by atoms with Crippen LogP contribution in [0.2, 0.25) is 0 Å². The molecular formula is C14H22N6O. The standard InChI is InChI=1S/C14H22N6O/c1-11-17-13(18-21-11)10-20-6-3-4-12(9-20)16-8-14-15-5-7-19(14)2/h5,7,12,16H,3-4,6,8-10H2,1-2H3/t12-/m1/s1. The van der Waals surface area contributed by atoms with Crippen molar-refractivity contribution in [2.75, 3.05) is 13.1 Å². The summed E-state index contributed by atoms with van der Waals surface area (Å²) in [6.45, 7) is 5.50. The van der Waals surface area contributed by atoms with E-state index >= 15 is 0 Å². The quantitative estimate of drug-likeness (QED) is 0.881. The molecule has 1 aliphatic heterocycles. The molecule has 0 saturated carbocycles. The third kappa shape index (κ3) is 3.68. The Morgan fingerprint density at radius 1 is 1.48 bits per heavy atom. The van der Waals surface area contributed by atoms with Crippen molar-refractivity contribution in [1.29, 1.82) is 0 Å². The Morgan fingerprint density at radius 3 is 3.10 bits per heavy atom. The zero-order chi connectivity index (χ0) is 14.7. The van der Waals surface area contributed by atoms with E-state index < -0.39 is 0 Å². The van der Waals surface area contributed by atoms with Gasteiger partial charge in [0.05, 0.1) is 13.1 Å². The van der Waals surface area contributed by atoms with Crippen LogP contribution in [0.25, 0.3) is 0 Å². The molecule has 1 fully saturated rings. The highest BCUT2D eigenvalue weighted by atomic mass is 16.5. The predicted octanol–water partition coefficient (Wildman–Crippen LogP) is 0.866. The van der Waals surface area contributed by atoms with E-state index in [1.807, 2.05) is 26.4 Å². The number of hydrogen-bond acceptors (Lipinski definition) is 6. The van der Waals surface area contributed by atoms with Crippen molar-refractivity contribution in [3.05, 3.63) is 29.9 Å². The van der Waals surface area contributed by atoms with Crippen molar-refractivity contribution < 1.29 is 4.52 Å². The Morgan fingerprint density at radius 2 is 2.38 bits per heavy atom. The van der Waals surface area contributed by atoms with Crippen LogP contribution >= 0.6 is 0 Å². The van der Waals surface area contributed by atoms with Crippen molar-refractivity contribution in [3.8, 4) is 0 Å². The van der Waals surface area contributed by atoms with E-state index in [1.165, 1.54) is 12.8 Å². The SMILES string of the molecule is Cc1nc(CN2CCC[C@@H](NCc3nccn3C)C2)no1. The van der Waals surface area contributed by atoms with Gasteiger partial charge >= 0.3 is 0 Å². The first kappa shape index (κ1) is 14.2. The Labute approximate surface area is 124 Å². The molecule has 2 aromatic heterocycles. The lowest BCUT2D eigenvalue weighted by molar-refractivity contribution is 0.176. The topological polar surface area (TPSA) is 72.0 Å². The molecule has 3 heterocycles. The van der Waals surface area contributed by atoms with E-state index in [9.17, 15) is 0 Å². The van der Waals surface area contributed by atoms with E-state index in [4.69, 9.17) is 4.52 Å². The number of rotatable bonds is 5. The summed E-state index contributed by atoms with van der Waals surface area (Å²) >= 11 is 0. The number of piperidine rings is 1. The number of imidazole rings is 1. The molecule has 2 aromatic rings. The Kier molecular flexibility index (Phi) is 4.31. The molecule has 0 spiro atoms. The summed E-state index contributed by atoms with van der Waals surface area (Å²) in [4.78, 5) is 11.0. The summed E-state index contributed by atoms with van der Waals surface area (Å²) in [5, 5.41) is 7.57. The van der Waals surface area contributed by atoms with Gasteiger partial charge in [0, 0.05) is 39.0 Å². The zero-order valence-corrected chi connectivity index (χ0v) is 12.6. The second-order valence-corrected chi connectivity index (χ2v) is 5.64. The van der Waals surface area contributed by atoms with Gasteiger partial charge in [0.25, 0.3) is 0 Å². The van der Waals surface area contributed by atoms with Gasteiger partial charge in [-0.1, -0.05) is 5.16 Å².